The van der Waals surface area contributed by atoms with E-state index in [-0.39, 0.29) is 0 Å². The van der Waals surface area contributed by atoms with E-state index >= 15 is 0 Å². The third kappa shape index (κ3) is 1.95. The van der Waals surface area contributed by atoms with Crippen LogP contribution in [0.4, 0.5) is 5.69 Å². The third-order valence-electron chi connectivity index (χ3n) is 2.17. The molecule has 13 heavy (non-hydrogen) atoms. The number of hydrogen-bond donors (Lipinski definition) is 2. The van der Waals surface area contributed by atoms with Crippen LogP contribution >= 0.6 is 0 Å². The van der Waals surface area contributed by atoms with Gasteiger partial charge in [-0.3, -0.25) is 0 Å². The highest BCUT2D eigenvalue weighted by Crippen LogP contribution is 2.41. The zero-order chi connectivity index (χ0) is 9.10. The average Bonchev–Trinajstić information content (AvgIpc) is 2.98. The zero-order valence-corrected chi connectivity index (χ0v) is 7.53. The molecule has 0 amide bonds. The van der Waals surface area contributed by atoms with E-state index in [4.69, 9.17) is 5.73 Å². The molecular formula is C9H14N4. The maximum Gasteiger partial charge on any atom is 0.115 e. The van der Waals surface area contributed by atoms with Gasteiger partial charge in [0.1, 0.15) is 6.33 Å². The summed E-state index contributed by atoms with van der Waals surface area (Å²) >= 11 is 0. The summed E-state index contributed by atoms with van der Waals surface area (Å²) in [6.07, 6.45) is 5.96. The van der Waals surface area contributed by atoms with Gasteiger partial charge in [0.15, 0.2) is 0 Å². The van der Waals surface area contributed by atoms with Crippen molar-refractivity contribution in [2.24, 2.45) is 5.73 Å². The van der Waals surface area contributed by atoms with E-state index in [2.05, 4.69) is 15.3 Å². The standard InChI is InChI=1S/C9H14N4/c10-3-4-12-8-5-11-6-13-9(8)7-1-2-7/h5-7,12H,1-4,10H2. The number of aromatic nitrogens is 2. The van der Waals surface area contributed by atoms with Crippen molar-refractivity contribution in [3.63, 3.8) is 0 Å². The van der Waals surface area contributed by atoms with Crippen molar-refractivity contribution in [3.8, 4) is 0 Å². The molecule has 0 radical (unpaired) electrons. The molecule has 4 nitrogen and oxygen atoms in total. The Hall–Kier alpha value is -1.16. The van der Waals surface area contributed by atoms with E-state index < -0.39 is 0 Å². The first kappa shape index (κ1) is 8.44. The van der Waals surface area contributed by atoms with Gasteiger partial charge in [0.2, 0.25) is 0 Å². The van der Waals surface area contributed by atoms with Crippen LogP contribution in [0.25, 0.3) is 0 Å². The van der Waals surface area contributed by atoms with Crippen LogP contribution in [0.5, 0.6) is 0 Å². The molecule has 1 saturated carbocycles. The normalized spacial score (nSPS) is 15.8. The van der Waals surface area contributed by atoms with Gasteiger partial charge in [-0.2, -0.15) is 0 Å². The molecule has 1 aliphatic carbocycles. The first-order valence-corrected chi connectivity index (χ1v) is 4.65. The Morgan fingerprint density at radius 3 is 3.08 bits per heavy atom. The van der Waals surface area contributed by atoms with Gasteiger partial charge in [-0.1, -0.05) is 0 Å². The minimum absolute atomic E-state index is 0.638. The van der Waals surface area contributed by atoms with Crippen molar-refractivity contribution in [1.82, 2.24) is 9.97 Å². The summed E-state index contributed by atoms with van der Waals surface area (Å²) in [7, 11) is 0. The summed E-state index contributed by atoms with van der Waals surface area (Å²) in [4.78, 5) is 8.27. The fourth-order valence-electron chi connectivity index (χ4n) is 1.36. The van der Waals surface area contributed by atoms with Crippen molar-refractivity contribution in [1.29, 1.82) is 0 Å². The molecule has 0 saturated heterocycles. The molecule has 70 valence electrons. The molecule has 1 heterocycles. The highest BCUT2D eigenvalue weighted by atomic mass is 15.0. The van der Waals surface area contributed by atoms with Crippen molar-refractivity contribution >= 4 is 5.69 Å². The molecule has 0 aromatic carbocycles. The van der Waals surface area contributed by atoms with Crippen LogP contribution in [-0.4, -0.2) is 23.1 Å². The average molecular weight is 178 g/mol. The van der Waals surface area contributed by atoms with Crippen LogP contribution in [-0.2, 0) is 0 Å². The molecule has 2 rings (SSSR count). The molecule has 0 atom stereocenters. The number of rotatable bonds is 4. The topological polar surface area (TPSA) is 63.8 Å². The summed E-state index contributed by atoms with van der Waals surface area (Å²) in [5.74, 6) is 0.656. The van der Waals surface area contributed by atoms with Crippen LogP contribution in [0, 0.1) is 0 Å². The maximum atomic E-state index is 5.41. The molecule has 1 aliphatic rings. The Morgan fingerprint density at radius 1 is 1.54 bits per heavy atom. The smallest absolute Gasteiger partial charge is 0.115 e. The van der Waals surface area contributed by atoms with Gasteiger partial charge in [0.25, 0.3) is 0 Å². The predicted molar refractivity (Wildman–Crippen MR) is 51.6 cm³/mol. The van der Waals surface area contributed by atoms with Gasteiger partial charge in [-0.25, -0.2) is 9.97 Å². The molecule has 0 bridgehead atoms. The summed E-state index contributed by atoms with van der Waals surface area (Å²) in [5, 5.41) is 3.23. The second kappa shape index (κ2) is 3.70. The molecule has 0 unspecified atom stereocenters. The fourth-order valence-corrected chi connectivity index (χ4v) is 1.36. The minimum Gasteiger partial charge on any atom is -0.381 e. The van der Waals surface area contributed by atoms with Crippen molar-refractivity contribution in [2.75, 3.05) is 18.4 Å². The molecule has 1 aromatic rings. The molecule has 3 N–H and O–H groups in total. The van der Waals surface area contributed by atoms with Gasteiger partial charge in [0.05, 0.1) is 17.6 Å². The Kier molecular flexibility index (Phi) is 2.40. The second-order valence-electron chi connectivity index (χ2n) is 3.31. The number of hydrogen-bond acceptors (Lipinski definition) is 4. The van der Waals surface area contributed by atoms with Crippen molar-refractivity contribution in [2.45, 2.75) is 18.8 Å². The SMILES string of the molecule is NCCNc1cncnc1C1CC1. The number of nitrogens with two attached hydrogens (primary N) is 1. The van der Waals surface area contributed by atoms with Crippen molar-refractivity contribution in [3.05, 3.63) is 18.2 Å². The van der Waals surface area contributed by atoms with Gasteiger partial charge in [-0.15, -0.1) is 0 Å². The van der Waals surface area contributed by atoms with E-state index in [1.54, 1.807) is 6.33 Å². The quantitative estimate of drug-likeness (QED) is 0.713. The first-order valence-electron chi connectivity index (χ1n) is 4.65. The van der Waals surface area contributed by atoms with E-state index in [1.807, 2.05) is 6.20 Å². The highest BCUT2D eigenvalue weighted by Gasteiger charge is 2.27. The highest BCUT2D eigenvalue weighted by molar-refractivity contribution is 5.48. The maximum absolute atomic E-state index is 5.41. The van der Waals surface area contributed by atoms with Gasteiger partial charge in [-0.05, 0) is 12.8 Å². The largest absolute Gasteiger partial charge is 0.381 e. The van der Waals surface area contributed by atoms with E-state index in [0.29, 0.717) is 12.5 Å². The Morgan fingerprint density at radius 2 is 2.38 bits per heavy atom. The lowest BCUT2D eigenvalue weighted by Gasteiger charge is -2.07. The lowest BCUT2D eigenvalue weighted by atomic mass is 10.2. The summed E-state index contributed by atoms with van der Waals surface area (Å²) < 4.78 is 0. The number of nitrogens with one attached hydrogen (secondary N) is 1. The predicted octanol–water partition coefficient (Wildman–Crippen LogP) is 0.725. The lowest BCUT2D eigenvalue weighted by molar-refractivity contribution is 0.959. The van der Waals surface area contributed by atoms with Crippen LogP contribution in [0.2, 0.25) is 0 Å². The molecule has 4 heteroatoms. The molecule has 1 aromatic heterocycles. The summed E-state index contributed by atoms with van der Waals surface area (Å²) in [6.45, 7) is 1.42. The lowest BCUT2D eigenvalue weighted by Crippen LogP contribution is -2.14. The van der Waals surface area contributed by atoms with Crippen LogP contribution in [0.3, 0.4) is 0 Å². The van der Waals surface area contributed by atoms with Gasteiger partial charge < -0.3 is 11.1 Å². The van der Waals surface area contributed by atoms with Gasteiger partial charge >= 0.3 is 0 Å². The monoisotopic (exact) mass is 178 g/mol. The van der Waals surface area contributed by atoms with Crippen LogP contribution in [0.1, 0.15) is 24.5 Å². The number of anilines is 1. The Bertz CT molecular complexity index is 283. The number of nitrogens with zero attached hydrogens (tertiary/aromatic N) is 2. The molecular weight excluding hydrogens is 164 g/mol. The zero-order valence-electron chi connectivity index (χ0n) is 7.53. The Balaban J connectivity index is 2.12. The molecule has 0 aliphatic heterocycles. The summed E-state index contributed by atoms with van der Waals surface area (Å²) in [5.41, 5.74) is 7.62. The van der Waals surface area contributed by atoms with E-state index in [0.717, 1.165) is 17.9 Å². The molecule has 1 fully saturated rings. The summed E-state index contributed by atoms with van der Waals surface area (Å²) in [6, 6.07) is 0. The van der Waals surface area contributed by atoms with E-state index in [9.17, 15) is 0 Å². The van der Waals surface area contributed by atoms with Crippen molar-refractivity contribution < 1.29 is 0 Å². The van der Waals surface area contributed by atoms with Gasteiger partial charge in [0, 0.05) is 19.0 Å². The van der Waals surface area contributed by atoms with Crippen LogP contribution < -0.4 is 11.1 Å². The first-order chi connectivity index (χ1) is 6.42. The minimum atomic E-state index is 0.638. The fraction of sp³-hybridized carbons (Fsp3) is 0.556. The second-order valence-corrected chi connectivity index (χ2v) is 3.31. The van der Waals surface area contributed by atoms with E-state index in [1.165, 1.54) is 12.8 Å². The van der Waals surface area contributed by atoms with Crippen LogP contribution in [0.15, 0.2) is 12.5 Å². The Labute approximate surface area is 77.6 Å². The molecule has 0 spiro atoms. The third-order valence-corrected chi connectivity index (χ3v) is 2.17.